The van der Waals surface area contributed by atoms with Gasteiger partial charge in [-0.3, -0.25) is 13.9 Å². The highest BCUT2D eigenvalue weighted by Crippen LogP contribution is 2.25. The standard InChI is InChI=1S/C29H34N4O9S2/c1-5-33(6-2)44(39,40)27-17-9-23(10-18-27)31-28(35)19-42-29(36)20-41-25-13-11-24(12-14-25)32(4)43(37,38)26-15-7-22(8-16-26)30-21(3)34/h7-18H,5-6,19-20H2,1-4H3,(H,30,34)(H,31,35). The van der Waals surface area contributed by atoms with E-state index < -0.39 is 45.1 Å². The minimum atomic E-state index is -3.89. The second-order valence-corrected chi connectivity index (χ2v) is 13.2. The third kappa shape index (κ3) is 8.78. The van der Waals surface area contributed by atoms with Crippen LogP contribution in [0.1, 0.15) is 20.8 Å². The molecule has 0 aromatic heterocycles. The molecule has 0 heterocycles. The van der Waals surface area contributed by atoms with Crippen molar-refractivity contribution in [1.29, 1.82) is 0 Å². The molecule has 3 aromatic rings. The average Bonchev–Trinajstić information content (AvgIpc) is 2.99. The molecule has 2 amide bonds. The molecule has 0 atom stereocenters. The first-order valence-electron chi connectivity index (χ1n) is 13.4. The molecule has 3 rings (SSSR count). The van der Waals surface area contributed by atoms with Crippen molar-refractivity contribution in [2.24, 2.45) is 0 Å². The topological polar surface area (TPSA) is 168 Å². The predicted molar refractivity (Wildman–Crippen MR) is 164 cm³/mol. The van der Waals surface area contributed by atoms with E-state index in [1.54, 1.807) is 13.8 Å². The van der Waals surface area contributed by atoms with Crippen LogP contribution >= 0.6 is 0 Å². The number of anilines is 3. The van der Waals surface area contributed by atoms with E-state index in [0.29, 0.717) is 30.2 Å². The number of hydrogen-bond donors (Lipinski definition) is 2. The monoisotopic (exact) mass is 646 g/mol. The molecule has 0 saturated carbocycles. The normalized spacial score (nSPS) is 11.5. The van der Waals surface area contributed by atoms with Crippen LogP contribution in [-0.4, -0.2) is 72.3 Å². The third-order valence-electron chi connectivity index (χ3n) is 6.24. The lowest BCUT2D eigenvalue weighted by Crippen LogP contribution is -2.30. The van der Waals surface area contributed by atoms with Crippen molar-refractivity contribution in [3.63, 3.8) is 0 Å². The fourth-order valence-electron chi connectivity index (χ4n) is 3.91. The number of hydrogen-bond acceptors (Lipinski definition) is 9. The molecule has 13 nitrogen and oxygen atoms in total. The first-order chi connectivity index (χ1) is 20.8. The van der Waals surface area contributed by atoms with Crippen molar-refractivity contribution >= 4 is 54.9 Å². The molecule has 0 unspecified atom stereocenters. The molecule has 0 saturated heterocycles. The number of carbonyl (C=O) groups excluding carboxylic acids is 3. The molecule has 0 aliphatic heterocycles. The van der Waals surface area contributed by atoms with E-state index in [4.69, 9.17) is 9.47 Å². The first-order valence-corrected chi connectivity index (χ1v) is 16.3. The lowest BCUT2D eigenvalue weighted by Gasteiger charge is -2.20. The Kier molecular flexibility index (Phi) is 11.5. The number of sulfonamides is 2. The summed E-state index contributed by atoms with van der Waals surface area (Å²) in [6.45, 7) is 4.41. The molecule has 0 spiro atoms. The predicted octanol–water partition coefficient (Wildman–Crippen LogP) is 3.06. The highest BCUT2D eigenvalue weighted by atomic mass is 32.2. The van der Waals surface area contributed by atoms with Crippen LogP contribution in [-0.2, 0) is 39.2 Å². The van der Waals surface area contributed by atoms with Gasteiger partial charge < -0.3 is 20.1 Å². The van der Waals surface area contributed by atoms with Gasteiger partial charge in [0.05, 0.1) is 15.5 Å². The van der Waals surface area contributed by atoms with Crippen LogP contribution in [0.3, 0.4) is 0 Å². The van der Waals surface area contributed by atoms with Crippen molar-refractivity contribution in [3.8, 4) is 5.75 Å². The summed E-state index contributed by atoms with van der Waals surface area (Å²) in [6, 6.07) is 17.3. The Bertz CT molecular complexity index is 1670. The van der Waals surface area contributed by atoms with Crippen LogP contribution in [0.5, 0.6) is 5.75 Å². The summed E-state index contributed by atoms with van der Waals surface area (Å²) in [5.41, 5.74) is 1.13. The maximum atomic E-state index is 13.0. The van der Waals surface area contributed by atoms with Gasteiger partial charge in [0.15, 0.2) is 13.2 Å². The highest BCUT2D eigenvalue weighted by Gasteiger charge is 2.22. The van der Waals surface area contributed by atoms with Crippen LogP contribution in [0.4, 0.5) is 17.1 Å². The van der Waals surface area contributed by atoms with Gasteiger partial charge in [-0.1, -0.05) is 13.8 Å². The number of esters is 1. The molecule has 15 heteroatoms. The average molecular weight is 647 g/mol. The zero-order chi connectivity index (χ0) is 32.5. The van der Waals surface area contributed by atoms with E-state index >= 15 is 0 Å². The number of carbonyl (C=O) groups is 3. The first kappa shape index (κ1) is 34.0. The van der Waals surface area contributed by atoms with E-state index in [1.165, 1.54) is 91.1 Å². The second kappa shape index (κ2) is 14.8. The second-order valence-electron chi connectivity index (χ2n) is 9.28. The van der Waals surface area contributed by atoms with E-state index in [1.807, 2.05) is 0 Å². The molecule has 2 N–H and O–H groups in total. The van der Waals surface area contributed by atoms with E-state index in [9.17, 15) is 31.2 Å². The van der Waals surface area contributed by atoms with E-state index in [-0.39, 0.29) is 21.4 Å². The largest absolute Gasteiger partial charge is 0.482 e. The quantitative estimate of drug-likeness (QED) is 0.250. The van der Waals surface area contributed by atoms with Crippen LogP contribution < -0.4 is 19.7 Å². The summed E-state index contributed by atoms with van der Waals surface area (Å²) in [6.07, 6.45) is 0. The van der Waals surface area contributed by atoms with Gasteiger partial charge in [-0.15, -0.1) is 0 Å². The molecule has 3 aromatic carbocycles. The van der Waals surface area contributed by atoms with Gasteiger partial charge in [-0.2, -0.15) is 4.31 Å². The maximum Gasteiger partial charge on any atom is 0.344 e. The summed E-state index contributed by atoms with van der Waals surface area (Å²) in [7, 11) is -6.13. The van der Waals surface area contributed by atoms with Gasteiger partial charge >= 0.3 is 5.97 Å². The zero-order valence-corrected chi connectivity index (χ0v) is 26.3. The molecule has 236 valence electrons. The SMILES string of the molecule is CCN(CC)S(=O)(=O)c1ccc(NC(=O)COC(=O)COc2ccc(N(C)S(=O)(=O)c3ccc(NC(C)=O)cc3)cc2)cc1. The Balaban J connectivity index is 1.48. The van der Waals surface area contributed by atoms with Crippen LogP contribution in [0, 0.1) is 0 Å². The smallest absolute Gasteiger partial charge is 0.344 e. The van der Waals surface area contributed by atoms with Gasteiger partial charge in [0.1, 0.15) is 5.75 Å². The summed E-state index contributed by atoms with van der Waals surface area (Å²) in [5, 5.41) is 5.10. The third-order valence-corrected chi connectivity index (χ3v) is 10.1. The summed E-state index contributed by atoms with van der Waals surface area (Å²) >= 11 is 0. The zero-order valence-electron chi connectivity index (χ0n) is 24.6. The molecule has 0 aliphatic rings. The van der Waals surface area contributed by atoms with Gasteiger partial charge in [0, 0.05) is 38.4 Å². The molecule has 0 bridgehead atoms. The van der Waals surface area contributed by atoms with Crippen molar-refractivity contribution in [3.05, 3.63) is 72.8 Å². The summed E-state index contributed by atoms with van der Waals surface area (Å²) in [5.74, 6) is -1.45. The maximum absolute atomic E-state index is 13.0. The summed E-state index contributed by atoms with van der Waals surface area (Å²) < 4.78 is 63.9. The molecular weight excluding hydrogens is 612 g/mol. The van der Waals surface area contributed by atoms with Crippen molar-refractivity contribution < 1.29 is 40.7 Å². The minimum Gasteiger partial charge on any atom is -0.482 e. The van der Waals surface area contributed by atoms with Gasteiger partial charge in [0.2, 0.25) is 15.9 Å². The number of rotatable bonds is 14. The number of benzene rings is 3. The minimum absolute atomic E-state index is 0.0291. The van der Waals surface area contributed by atoms with Crippen LogP contribution in [0.25, 0.3) is 0 Å². The van der Waals surface area contributed by atoms with Crippen molar-refractivity contribution in [1.82, 2.24) is 4.31 Å². The Hall–Kier alpha value is -4.47. The highest BCUT2D eigenvalue weighted by molar-refractivity contribution is 7.92. The lowest BCUT2D eigenvalue weighted by molar-refractivity contribution is -0.149. The fourth-order valence-corrected chi connectivity index (χ4v) is 6.57. The number of nitrogens with one attached hydrogen (secondary N) is 2. The van der Waals surface area contributed by atoms with E-state index in [2.05, 4.69) is 10.6 Å². The Labute approximate surface area is 256 Å². The Morgan fingerprint density at radius 2 is 1.20 bits per heavy atom. The van der Waals surface area contributed by atoms with Gasteiger partial charge in [-0.25, -0.2) is 21.6 Å². The number of nitrogens with zero attached hydrogens (tertiary/aromatic N) is 2. The Morgan fingerprint density at radius 1 is 0.705 bits per heavy atom. The molecule has 0 aliphatic carbocycles. The van der Waals surface area contributed by atoms with Crippen LogP contribution in [0.2, 0.25) is 0 Å². The number of ether oxygens (including phenoxy) is 2. The van der Waals surface area contributed by atoms with Gasteiger partial charge in [0.25, 0.3) is 15.9 Å². The molecule has 0 radical (unpaired) electrons. The summed E-state index contributed by atoms with van der Waals surface area (Å²) in [4.78, 5) is 35.6. The van der Waals surface area contributed by atoms with Gasteiger partial charge in [-0.05, 0) is 72.8 Å². The Morgan fingerprint density at radius 3 is 1.70 bits per heavy atom. The lowest BCUT2D eigenvalue weighted by atomic mass is 10.3. The van der Waals surface area contributed by atoms with Crippen LogP contribution in [0.15, 0.2) is 82.6 Å². The number of amides is 2. The van der Waals surface area contributed by atoms with E-state index in [0.717, 1.165) is 4.31 Å². The molecule has 44 heavy (non-hydrogen) atoms. The molecular formula is C29H34N4O9S2. The fraction of sp³-hybridized carbons (Fsp3) is 0.276. The molecule has 0 fully saturated rings. The van der Waals surface area contributed by atoms with Crippen molar-refractivity contribution in [2.45, 2.75) is 30.6 Å². The van der Waals surface area contributed by atoms with Crippen molar-refractivity contribution in [2.75, 3.05) is 48.3 Å².